The number of anilines is 1. The fraction of sp³-hybridized carbons (Fsp3) is 0.182. The van der Waals surface area contributed by atoms with Gasteiger partial charge in [0.15, 0.2) is 0 Å². The molecule has 3 rings (SSSR count). The van der Waals surface area contributed by atoms with Crippen molar-refractivity contribution < 1.29 is 14.3 Å². The molecule has 0 bridgehead atoms. The summed E-state index contributed by atoms with van der Waals surface area (Å²) in [5.74, 6) is -0.0840. The van der Waals surface area contributed by atoms with Crippen LogP contribution in [0.15, 0.2) is 72.9 Å². The van der Waals surface area contributed by atoms with Crippen LogP contribution in [0.5, 0.6) is 5.75 Å². The highest BCUT2D eigenvalue weighted by molar-refractivity contribution is 5.91. The number of carbonyl (C=O) groups is 2. The van der Waals surface area contributed by atoms with Gasteiger partial charge in [0.05, 0.1) is 0 Å². The maximum atomic E-state index is 12.6. The Kier molecular flexibility index (Phi) is 6.46. The van der Waals surface area contributed by atoms with Crippen LogP contribution in [0.3, 0.4) is 0 Å². The first-order valence-corrected chi connectivity index (χ1v) is 9.22. The van der Waals surface area contributed by atoms with E-state index < -0.39 is 5.97 Å². The molecule has 0 aliphatic rings. The number of benzene rings is 2. The van der Waals surface area contributed by atoms with E-state index in [0.717, 1.165) is 12.0 Å². The summed E-state index contributed by atoms with van der Waals surface area (Å²) in [5, 5.41) is 5.46. The molecule has 28 heavy (non-hydrogen) atoms. The molecule has 0 atom stereocenters. The number of urea groups is 1. The van der Waals surface area contributed by atoms with Gasteiger partial charge >= 0.3 is 12.0 Å². The summed E-state index contributed by atoms with van der Waals surface area (Å²) in [6.45, 7) is 3.16. The van der Waals surface area contributed by atoms with Gasteiger partial charge in [-0.1, -0.05) is 43.3 Å². The molecule has 0 fully saturated rings. The van der Waals surface area contributed by atoms with Crippen molar-refractivity contribution in [1.82, 2.24) is 9.88 Å². The summed E-state index contributed by atoms with van der Waals surface area (Å²) in [6.07, 6.45) is 2.70. The van der Waals surface area contributed by atoms with Gasteiger partial charge in [-0.2, -0.15) is 0 Å². The first-order valence-electron chi connectivity index (χ1n) is 9.22. The minimum Gasteiger partial charge on any atom is -0.422 e. The lowest BCUT2D eigenvalue weighted by molar-refractivity contribution is 0.0724. The molecule has 0 unspecified atom stereocenters. The number of hydrogen-bond acceptors (Lipinski definition) is 3. The van der Waals surface area contributed by atoms with Crippen molar-refractivity contribution in [3.05, 3.63) is 84.2 Å². The van der Waals surface area contributed by atoms with Crippen LogP contribution in [0.25, 0.3) is 0 Å². The molecule has 144 valence electrons. The molecule has 0 radical (unpaired) electrons. The van der Waals surface area contributed by atoms with Crippen LogP contribution >= 0.6 is 0 Å². The van der Waals surface area contributed by atoms with Crippen LogP contribution in [0, 0.1) is 0 Å². The van der Waals surface area contributed by atoms with Gasteiger partial charge < -0.3 is 19.9 Å². The molecular formula is C22H23N3O3. The van der Waals surface area contributed by atoms with Crippen molar-refractivity contribution in [1.29, 1.82) is 0 Å². The lowest BCUT2D eigenvalue weighted by atomic mass is 10.2. The van der Waals surface area contributed by atoms with E-state index in [0.29, 0.717) is 30.2 Å². The van der Waals surface area contributed by atoms with Crippen LogP contribution in [-0.4, -0.2) is 23.1 Å². The Labute approximate surface area is 164 Å². The van der Waals surface area contributed by atoms with Gasteiger partial charge in [-0.3, -0.25) is 0 Å². The molecule has 0 aliphatic carbocycles. The highest BCUT2D eigenvalue weighted by Crippen LogP contribution is 2.19. The minimum absolute atomic E-state index is 0.290. The Bertz CT molecular complexity index is 935. The fourth-order valence-electron chi connectivity index (χ4n) is 2.73. The van der Waals surface area contributed by atoms with E-state index in [-0.39, 0.29) is 6.03 Å². The van der Waals surface area contributed by atoms with Crippen molar-refractivity contribution in [3.8, 4) is 5.75 Å². The number of esters is 1. The van der Waals surface area contributed by atoms with Crippen molar-refractivity contribution in [2.24, 2.45) is 0 Å². The highest BCUT2D eigenvalue weighted by atomic mass is 16.5. The summed E-state index contributed by atoms with van der Waals surface area (Å²) in [5.41, 5.74) is 2.11. The van der Waals surface area contributed by atoms with Gasteiger partial charge in [-0.15, -0.1) is 0 Å². The smallest absolute Gasteiger partial charge is 0.360 e. The number of nitrogens with one attached hydrogen (secondary N) is 2. The van der Waals surface area contributed by atoms with E-state index in [1.165, 1.54) is 0 Å². The molecule has 1 aromatic heterocycles. The molecular weight excluding hydrogens is 354 g/mol. The average Bonchev–Trinajstić information content (AvgIpc) is 3.15. The van der Waals surface area contributed by atoms with Gasteiger partial charge in [-0.25, -0.2) is 9.59 Å². The predicted molar refractivity (Wildman–Crippen MR) is 109 cm³/mol. The van der Waals surface area contributed by atoms with Crippen molar-refractivity contribution >= 4 is 17.7 Å². The number of hydrogen-bond donors (Lipinski definition) is 2. The van der Waals surface area contributed by atoms with Gasteiger partial charge in [-0.05, 0) is 36.2 Å². The zero-order valence-electron chi connectivity index (χ0n) is 15.7. The van der Waals surface area contributed by atoms with E-state index in [2.05, 4.69) is 10.6 Å². The molecule has 3 aromatic rings. The van der Waals surface area contributed by atoms with E-state index in [4.69, 9.17) is 4.74 Å². The Morgan fingerprint density at radius 2 is 1.82 bits per heavy atom. The molecule has 2 N–H and O–H groups in total. The predicted octanol–water partition coefficient (Wildman–Crippen LogP) is 4.29. The molecule has 2 aromatic carbocycles. The maximum Gasteiger partial charge on any atom is 0.360 e. The average molecular weight is 377 g/mol. The zero-order valence-corrected chi connectivity index (χ0v) is 15.7. The quantitative estimate of drug-likeness (QED) is 0.477. The second-order valence-corrected chi connectivity index (χ2v) is 6.31. The number of rotatable bonds is 7. The van der Waals surface area contributed by atoms with Crippen LogP contribution < -0.4 is 15.4 Å². The molecule has 2 amide bonds. The monoisotopic (exact) mass is 377 g/mol. The molecule has 6 heteroatoms. The topological polar surface area (TPSA) is 72.4 Å². The Hall–Kier alpha value is -3.54. The standard InChI is InChI=1S/C22H23N3O3/c1-2-13-23-22(27)24-18-10-6-11-19(15-18)28-21(26)20-12-7-14-25(20)16-17-8-4-3-5-9-17/h3-12,14-15H,2,13,16H2,1H3,(H2,23,24,27). The number of carbonyl (C=O) groups excluding carboxylic acids is 2. The van der Waals surface area contributed by atoms with Crippen LogP contribution in [0.2, 0.25) is 0 Å². The minimum atomic E-state index is -0.450. The summed E-state index contributed by atoms with van der Waals surface area (Å²) in [6, 6.07) is 19.9. The summed E-state index contributed by atoms with van der Waals surface area (Å²) < 4.78 is 7.35. The van der Waals surface area contributed by atoms with E-state index in [9.17, 15) is 9.59 Å². The SMILES string of the molecule is CCCNC(=O)Nc1cccc(OC(=O)c2cccn2Cc2ccccc2)c1. The second kappa shape index (κ2) is 9.41. The van der Waals surface area contributed by atoms with E-state index in [1.807, 2.05) is 54.1 Å². The summed E-state index contributed by atoms with van der Waals surface area (Å²) >= 11 is 0. The Morgan fingerprint density at radius 1 is 1.00 bits per heavy atom. The van der Waals surface area contributed by atoms with Gasteiger partial charge in [0.2, 0.25) is 0 Å². The number of amides is 2. The van der Waals surface area contributed by atoms with Crippen molar-refractivity contribution in [2.45, 2.75) is 19.9 Å². The number of nitrogens with zero attached hydrogens (tertiary/aromatic N) is 1. The largest absolute Gasteiger partial charge is 0.422 e. The van der Waals surface area contributed by atoms with E-state index >= 15 is 0 Å². The maximum absolute atomic E-state index is 12.6. The number of ether oxygens (including phenoxy) is 1. The molecule has 0 saturated carbocycles. The first-order chi connectivity index (χ1) is 13.7. The number of aromatic nitrogens is 1. The fourth-order valence-corrected chi connectivity index (χ4v) is 2.73. The third-order valence-electron chi connectivity index (χ3n) is 4.07. The zero-order chi connectivity index (χ0) is 19.8. The van der Waals surface area contributed by atoms with Crippen LogP contribution in [-0.2, 0) is 6.54 Å². The van der Waals surface area contributed by atoms with E-state index in [1.54, 1.807) is 30.3 Å². The van der Waals surface area contributed by atoms with Crippen molar-refractivity contribution in [2.75, 3.05) is 11.9 Å². The molecule has 1 heterocycles. The molecule has 0 spiro atoms. The normalized spacial score (nSPS) is 10.3. The van der Waals surface area contributed by atoms with Gasteiger partial charge in [0.1, 0.15) is 11.4 Å². The third-order valence-corrected chi connectivity index (χ3v) is 4.07. The Balaban J connectivity index is 1.66. The van der Waals surface area contributed by atoms with Gasteiger partial charge in [0, 0.05) is 31.0 Å². The van der Waals surface area contributed by atoms with Crippen LogP contribution in [0.4, 0.5) is 10.5 Å². The summed E-state index contributed by atoms with van der Waals surface area (Å²) in [7, 11) is 0. The third kappa shape index (κ3) is 5.23. The molecule has 0 aliphatic heterocycles. The molecule has 0 saturated heterocycles. The first kappa shape index (κ1) is 19.2. The second-order valence-electron chi connectivity index (χ2n) is 6.31. The molecule has 6 nitrogen and oxygen atoms in total. The highest BCUT2D eigenvalue weighted by Gasteiger charge is 2.14. The summed E-state index contributed by atoms with van der Waals surface area (Å²) in [4.78, 5) is 24.4. The lowest BCUT2D eigenvalue weighted by Crippen LogP contribution is -2.29. The van der Waals surface area contributed by atoms with Gasteiger partial charge in [0.25, 0.3) is 0 Å². The van der Waals surface area contributed by atoms with Crippen LogP contribution in [0.1, 0.15) is 29.4 Å². The Morgan fingerprint density at radius 3 is 2.61 bits per heavy atom. The lowest BCUT2D eigenvalue weighted by Gasteiger charge is -2.11. The van der Waals surface area contributed by atoms with Crippen molar-refractivity contribution in [3.63, 3.8) is 0 Å².